The molecule has 33 heavy (non-hydrogen) atoms. The number of aliphatic carboxylic acids is 1. The van der Waals surface area contributed by atoms with Crippen LogP contribution in [0.3, 0.4) is 0 Å². The molecule has 5 nitrogen and oxygen atoms in total. The van der Waals surface area contributed by atoms with E-state index in [9.17, 15) is 9.90 Å². The minimum Gasteiger partial charge on any atom is -0.487 e. The maximum atomic E-state index is 11.6. The lowest BCUT2D eigenvalue weighted by atomic mass is 10.1. The van der Waals surface area contributed by atoms with Crippen LogP contribution in [0.25, 0.3) is 21.8 Å². The highest BCUT2D eigenvalue weighted by Crippen LogP contribution is 2.31. The van der Waals surface area contributed by atoms with Crippen LogP contribution in [0.1, 0.15) is 22.5 Å². The zero-order valence-corrected chi connectivity index (χ0v) is 18.4. The molecule has 0 fully saturated rings. The molecule has 0 amide bonds. The standard InChI is InChI=1S/C28H24N2O3/c1-19-24(16-28(31)32)25-15-23(13-14-27(25)30(19)17-20-7-3-2-4-8-20)33-18-22-12-11-21-9-5-6-10-26(21)29-22/h2-15H,16-18H2,1H3,(H,31,32). The first-order valence-corrected chi connectivity index (χ1v) is 10.9. The van der Waals surface area contributed by atoms with Crippen molar-refractivity contribution < 1.29 is 14.6 Å². The van der Waals surface area contributed by atoms with E-state index in [-0.39, 0.29) is 6.42 Å². The summed E-state index contributed by atoms with van der Waals surface area (Å²) in [5.74, 6) is -0.149. The molecule has 5 heteroatoms. The van der Waals surface area contributed by atoms with Gasteiger partial charge in [-0.05, 0) is 48.4 Å². The number of ether oxygens (including phenoxy) is 1. The van der Waals surface area contributed by atoms with Crippen molar-refractivity contribution in [1.82, 2.24) is 9.55 Å². The van der Waals surface area contributed by atoms with Crippen LogP contribution in [0.5, 0.6) is 5.75 Å². The third-order valence-electron chi connectivity index (χ3n) is 5.98. The van der Waals surface area contributed by atoms with Crippen molar-refractivity contribution in [2.24, 2.45) is 0 Å². The minimum atomic E-state index is -0.844. The van der Waals surface area contributed by atoms with E-state index in [1.165, 1.54) is 5.56 Å². The van der Waals surface area contributed by atoms with Gasteiger partial charge in [-0.2, -0.15) is 0 Å². The average molecular weight is 437 g/mol. The maximum absolute atomic E-state index is 11.6. The third-order valence-corrected chi connectivity index (χ3v) is 5.98. The van der Waals surface area contributed by atoms with Gasteiger partial charge in [-0.3, -0.25) is 4.79 Å². The molecule has 2 aromatic heterocycles. The number of rotatable bonds is 7. The molecule has 1 N–H and O–H groups in total. The molecule has 0 aliphatic rings. The Labute approximate surface area is 191 Å². The first kappa shape index (κ1) is 20.8. The predicted molar refractivity (Wildman–Crippen MR) is 130 cm³/mol. The van der Waals surface area contributed by atoms with E-state index >= 15 is 0 Å². The van der Waals surface area contributed by atoms with E-state index in [1.54, 1.807) is 0 Å². The number of pyridine rings is 1. The summed E-state index contributed by atoms with van der Waals surface area (Å²) in [7, 11) is 0. The lowest BCUT2D eigenvalue weighted by Gasteiger charge is -2.10. The molecule has 2 heterocycles. The number of benzene rings is 3. The summed E-state index contributed by atoms with van der Waals surface area (Å²) in [6, 6.07) is 28.1. The van der Waals surface area contributed by atoms with Crippen molar-refractivity contribution in [3.8, 4) is 5.75 Å². The van der Waals surface area contributed by atoms with Crippen molar-refractivity contribution in [2.75, 3.05) is 0 Å². The second kappa shape index (κ2) is 8.79. The van der Waals surface area contributed by atoms with Crippen molar-refractivity contribution in [3.63, 3.8) is 0 Å². The maximum Gasteiger partial charge on any atom is 0.307 e. The second-order valence-electron chi connectivity index (χ2n) is 8.17. The van der Waals surface area contributed by atoms with Gasteiger partial charge in [-0.15, -0.1) is 0 Å². The molecular weight excluding hydrogens is 412 g/mol. The van der Waals surface area contributed by atoms with Crippen LogP contribution in [-0.2, 0) is 24.4 Å². The van der Waals surface area contributed by atoms with E-state index in [0.717, 1.165) is 38.8 Å². The fraction of sp³-hybridized carbons (Fsp3) is 0.143. The summed E-state index contributed by atoms with van der Waals surface area (Å²) in [5.41, 5.74) is 5.74. The molecule has 0 unspecified atom stereocenters. The SMILES string of the molecule is Cc1c(CC(=O)O)c2cc(OCc3ccc4ccccc4n3)ccc2n1Cc1ccccc1. The van der Waals surface area contributed by atoms with Crippen molar-refractivity contribution in [2.45, 2.75) is 26.5 Å². The Kier molecular flexibility index (Phi) is 5.53. The van der Waals surface area contributed by atoms with E-state index < -0.39 is 5.97 Å². The lowest BCUT2D eigenvalue weighted by molar-refractivity contribution is -0.136. The van der Waals surface area contributed by atoms with Gasteiger partial charge >= 0.3 is 5.97 Å². The number of aromatic nitrogens is 2. The summed E-state index contributed by atoms with van der Waals surface area (Å²) in [4.78, 5) is 16.3. The monoisotopic (exact) mass is 436 g/mol. The van der Waals surface area contributed by atoms with Gasteiger partial charge in [-0.25, -0.2) is 4.98 Å². The number of para-hydroxylation sites is 1. The van der Waals surface area contributed by atoms with Gasteiger partial charge in [0.05, 0.1) is 17.6 Å². The van der Waals surface area contributed by atoms with Gasteiger partial charge in [0, 0.05) is 28.5 Å². The summed E-state index contributed by atoms with van der Waals surface area (Å²) < 4.78 is 8.24. The number of hydrogen-bond acceptors (Lipinski definition) is 3. The van der Waals surface area contributed by atoms with Crippen molar-refractivity contribution in [3.05, 3.63) is 107 Å². The Bertz CT molecular complexity index is 1450. The van der Waals surface area contributed by atoms with Gasteiger partial charge in [0.1, 0.15) is 12.4 Å². The van der Waals surface area contributed by atoms with Gasteiger partial charge in [0.25, 0.3) is 0 Å². The van der Waals surface area contributed by atoms with Gasteiger partial charge in [-0.1, -0.05) is 54.6 Å². The van der Waals surface area contributed by atoms with Crippen molar-refractivity contribution in [1.29, 1.82) is 0 Å². The molecule has 0 aliphatic carbocycles. The Morgan fingerprint density at radius 2 is 1.76 bits per heavy atom. The molecule has 0 spiro atoms. The summed E-state index contributed by atoms with van der Waals surface area (Å²) >= 11 is 0. The Morgan fingerprint density at radius 1 is 0.970 bits per heavy atom. The number of carbonyl (C=O) groups is 1. The zero-order chi connectivity index (χ0) is 22.8. The number of hydrogen-bond donors (Lipinski definition) is 1. The molecule has 0 saturated heterocycles. The Balaban J connectivity index is 1.47. The largest absolute Gasteiger partial charge is 0.487 e. The topological polar surface area (TPSA) is 64.3 Å². The van der Waals surface area contributed by atoms with Gasteiger partial charge < -0.3 is 14.4 Å². The van der Waals surface area contributed by atoms with Gasteiger partial charge in [0.15, 0.2) is 0 Å². The Hall–Kier alpha value is -4.12. The molecule has 0 bridgehead atoms. The average Bonchev–Trinajstić information content (AvgIpc) is 3.08. The summed E-state index contributed by atoms with van der Waals surface area (Å²) in [6.07, 6.45) is -0.0280. The van der Waals surface area contributed by atoms with E-state index in [1.807, 2.05) is 79.7 Å². The molecule has 5 rings (SSSR count). The third kappa shape index (κ3) is 4.30. The molecule has 0 radical (unpaired) electrons. The highest BCUT2D eigenvalue weighted by Gasteiger charge is 2.17. The second-order valence-corrected chi connectivity index (χ2v) is 8.17. The van der Waals surface area contributed by atoms with Crippen LogP contribution in [0.4, 0.5) is 0 Å². The number of nitrogens with zero attached hydrogens (tertiary/aromatic N) is 2. The molecule has 5 aromatic rings. The van der Waals surface area contributed by atoms with Crippen molar-refractivity contribution >= 4 is 27.8 Å². The minimum absolute atomic E-state index is 0.0280. The normalized spacial score (nSPS) is 11.2. The van der Waals surface area contributed by atoms with E-state index in [0.29, 0.717) is 18.9 Å². The van der Waals surface area contributed by atoms with E-state index in [2.05, 4.69) is 21.7 Å². The predicted octanol–water partition coefficient (Wildman–Crippen LogP) is 5.75. The number of fused-ring (bicyclic) bond motifs is 2. The molecule has 3 aromatic carbocycles. The molecule has 0 aliphatic heterocycles. The highest BCUT2D eigenvalue weighted by molar-refractivity contribution is 5.90. The van der Waals surface area contributed by atoms with Crippen LogP contribution in [0, 0.1) is 6.92 Å². The summed E-state index contributed by atoms with van der Waals surface area (Å²) in [5, 5.41) is 11.5. The fourth-order valence-corrected chi connectivity index (χ4v) is 4.31. The van der Waals surface area contributed by atoms with Crippen LogP contribution in [-0.4, -0.2) is 20.6 Å². The smallest absolute Gasteiger partial charge is 0.307 e. The van der Waals surface area contributed by atoms with Crippen LogP contribution < -0.4 is 4.74 Å². The highest BCUT2D eigenvalue weighted by atomic mass is 16.5. The van der Waals surface area contributed by atoms with Crippen LogP contribution in [0.2, 0.25) is 0 Å². The van der Waals surface area contributed by atoms with Crippen LogP contribution in [0.15, 0.2) is 84.9 Å². The first-order chi connectivity index (χ1) is 16.1. The molecular formula is C28H24N2O3. The molecule has 0 atom stereocenters. The fourth-order valence-electron chi connectivity index (χ4n) is 4.31. The molecule has 164 valence electrons. The van der Waals surface area contributed by atoms with Crippen LogP contribution >= 0.6 is 0 Å². The lowest BCUT2D eigenvalue weighted by Crippen LogP contribution is -2.05. The number of carboxylic acids is 1. The Morgan fingerprint density at radius 3 is 2.58 bits per heavy atom. The van der Waals surface area contributed by atoms with E-state index in [4.69, 9.17) is 4.74 Å². The molecule has 0 saturated carbocycles. The summed E-state index contributed by atoms with van der Waals surface area (Å²) in [6.45, 7) is 3.01. The quantitative estimate of drug-likeness (QED) is 0.353. The van der Waals surface area contributed by atoms with Gasteiger partial charge in [0.2, 0.25) is 0 Å². The number of carboxylic acid groups (broad SMARTS) is 1. The first-order valence-electron chi connectivity index (χ1n) is 10.9. The zero-order valence-electron chi connectivity index (χ0n) is 18.4.